The van der Waals surface area contributed by atoms with Crippen LogP contribution in [0.3, 0.4) is 0 Å². The minimum absolute atomic E-state index is 0.434. The molecule has 1 heteroatoms. The van der Waals surface area contributed by atoms with Crippen molar-refractivity contribution in [3.05, 3.63) is 34.4 Å². The Morgan fingerprint density at radius 2 is 2.00 bits per heavy atom. The van der Waals surface area contributed by atoms with Gasteiger partial charge in [0.05, 0.1) is 0 Å². The molecule has 1 nitrogen and oxygen atoms in total. The average molecular weight is 256 g/mol. The summed E-state index contributed by atoms with van der Waals surface area (Å²) in [6.07, 6.45) is 8.66. The first kappa shape index (κ1) is 12.8. The maximum Gasteiger partial charge on any atom is 0.119 e. The van der Waals surface area contributed by atoms with Crippen molar-refractivity contribution in [1.29, 1.82) is 0 Å². The van der Waals surface area contributed by atoms with Gasteiger partial charge in [-0.05, 0) is 73.1 Å². The zero-order chi connectivity index (χ0) is 13.6. The van der Waals surface area contributed by atoms with Crippen LogP contribution < -0.4 is 0 Å². The van der Waals surface area contributed by atoms with Crippen molar-refractivity contribution < 1.29 is 5.11 Å². The number of aryl methyl sites for hydroxylation is 2. The van der Waals surface area contributed by atoms with Crippen LogP contribution in [-0.4, -0.2) is 5.11 Å². The lowest BCUT2D eigenvalue weighted by atomic mass is 9.65. The maximum atomic E-state index is 9.94. The van der Waals surface area contributed by atoms with E-state index in [4.69, 9.17) is 0 Å². The Morgan fingerprint density at radius 1 is 1.21 bits per heavy atom. The minimum Gasteiger partial charge on any atom is -0.508 e. The summed E-state index contributed by atoms with van der Waals surface area (Å²) in [5.41, 5.74) is 5.70. The van der Waals surface area contributed by atoms with Gasteiger partial charge in [0, 0.05) is 0 Å². The summed E-state index contributed by atoms with van der Waals surface area (Å²) in [7, 11) is 0. The van der Waals surface area contributed by atoms with Gasteiger partial charge in [0.1, 0.15) is 5.75 Å². The van der Waals surface area contributed by atoms with Crippen molar-refractivity contribution in [1.82, 2.24) is 0 Å². The molecular weight excluding hydrogens is 232 g/mol. The van der Waals surface area contributed by atoms with Crippen LogP contribution >= 0.6 is 0 Å². The van der Waals surface area contributed by atoms with Crippen LogP contribution in [0, 0.1) is 18.3 Å². The molecule has 1 N–H and O–H groups in total. The average Bonchev–Trinajstić information content (AvgIpc) is 2.50. The second-order valence-electron chi connectivity index (χ2n) is 6.99. The smallest absolute Gasteiger partial charge is 0.119 e. The number of allylic oxidation sites excluding steroid dienone is 1. The van der Waals surface area contributed by atoms with E-state index >= 15 is 0 Å². The van der Waals surface area contributed by atoms with Gasteiger partial charge in [-0.1, -0.05) is 31.6 Å². The SMILES string of the molecule is Cc1cc2c(cc1O)C=C1CCCC(C)(C)[C@@H]1CC2. The van der Waals surface area contributed by atoms with E-state index in [2.05, 4.69) is 26.0 Å². The number of aromatic hydroxyl groups is 1. The molecule has 3 rings (SSSR count). The van der Waals surface area contributed by atoms with Crippen LogP contribution in [0.25, 0.3) is 6.08 Å². The number of phenols is 1. The number of hydrogen-bond acceptors (Lipinski definition) is 1. The number of hydrogen-bond donors (Lipinski definition) is 1. The van der Waals surface area contributed by atoms with Crippen LogP contribution in [0.4, 0.5) is 0 Å². The van der Waals surface area contributed by atoms with Gasteiger partial charge >= 0.3 is 0 Å². The molecule has 0 spiro atoms. The first-order valence-electron chi connectivity index (χ1n) is 7.50. The van der Waals surface area contributed by atoms with Gasteiger partial charge in [-0.3, -0.25) is 0 Å². The first-order valence-corrected chi connectivity index (χ1v) is 7.50. The fraction of sp³-hybridized carbons (Fsp3) is 0.556. The van der Waals surface area contributed by atoms with Crippen molar-refractivity contribution >= 4 is 6.08 Å². The highest BCUT2D eigenvalue weighted by Crippen LogP contribution is 2.48. The molecule has 2 aliphatic carbocycles. The Balaban J connectivity index is 2.06. The Bertz CT molecular complexity index is 537. The van der Waals surface area contributed by atoms with Crippen LogP contribution in [0.15, 0.2) is 17.7 Å². The summed E-state index contributed by atoms with van der Waals surface area (Å²) in [6, 6.07) is 4.13. The highest BCUT2D eigenvalue weighted by atomic mass is 16.3. The van der Waals surface area contributed by atoms with Gasteiger partial charge in [0.2, 0.25) is 0 Å². The largest absolute Gasteiger partial charge is 0.508 e. The third kappa shape index (κ3) is 2.20. The molecule has 0 saturated heterocycles. The normalized spacial score (nSPS) is 25.0. The van der Waals surface area contributed by atoms with Gasteiger partial charge in [-0.2, -0.15) is 0 Å². The molecule has 1 atom stereocenters. The molecule has 0 radical (unpaired) electrons. The molecule has 2 aliphatic rings. The number of phenolic OH excluding ortho intramolecular Hbond substituents is 1. The molecular formula is C18H24O. The Morgan fingerprint density at radius 3 is 2.79 bits per heavy atom. The van der Waals surface area contributed by atoms with Gasteiger partial charge in [0.15, 0.2) is 0 Å². The van der Waals surface area contributed by atoms with E-state index in [0.717, 1.165) is 17.9 Å². The summed E-state index contributed by atoms with van der Waals surface area (Å²) < 4.78 is 0. The molecule has 0 amide bonds. The predicted octanol–water partition coefficient (Wildman–Crippen LogP) is 4.86. The molecule has 0 heterocycles. The van der Waals surface area contributed by atoms with Crippen LogP contribution in [0.1, 0.15) is 56.2 Å². The number of rotatable bonds is 0. The quantitative estimate of drug-likeness (QED) is 0.703. The van der Waals surface area contributed by atoms with Crippen LogP contribution in [0.2, 0.25) is 0 Å². The molecule has 102 valence electrons. The van der Waals surface area contributed by atoms with Crippen molar-refractivity contribution in [2.75, 3.05) is 0 Å². The van der Waals surface area contributed by atoms with Crippen molar-refractivity contribution in [3.63, 3.8) is 0 Å². The molecule has 0 aromatic heterocycles. The van der Waals surface area contributed by atoms with Gasteiger partial charge in [0.25, 0.3) is 0 Å². The van der Waals surface area contributed by atoms with E-state index in [-0.39, 0.29) is 0 Å². The Labute approximate surface area is 116 Å². The third-order valence-corrected chi connectivity index (χ3v) is 5.18. The minimum atomic E-state index is 0.434. The lowest BCUT2D eigenvalue weighted by Gasteiger charge is -2.40. The van der Waals surface area contributed by atoms with Crippen LogP contribution in [-0.2, 0) is 6.42 Å². The lowest BCUT2D eigenvalue weighted by Crippen LogP contribution is -2.29. The zero-order valence-electron chi connectivity index (χ0n) is 12.3. The third-order valence-electron chi connectivity index (χ3n) is 5.18. The summed E-state index contributed by atoms with van der Waals surface area (Å²) >= 11 is 0. The van der Waals surface area contributed by atoms with E-state index in [0.29, 0.717) is 11.2 Å². The van der Waals surface area contributed by atoms with Crippen molar-refractivity contribution in [2.24, 2.45) is 11.3 Å². The molecule has 0 unspecified atom stereocenters. The summed E-state index contributed by atoms with van der Waals surface area (Å²) in [4.78, 5) is 0. The highest BCUT2D eigenvalue weighted by Gasteiger charge is 2.36. The van der Waals surface area contributed by atoms with E-state index < -0.39 is 0 Å². The number of fused-ring (bicyclic) bond motifs is 2. The van der Waals surface area contributed by atoms with Gasteiger partial charge in [-0.15, -0.1) is 0 Å². The fourth-order valence-electron chi connectivity index (χ4n) is 3.97. The molecule has 0 bridgehead atoms. The first-order chi connectivity index (χ1) is 8.97. The van der Waals surface area contributed by atoms with Crippen LogP contribution in [0.5, 0.6) is 5.75 Å². The fourth-order valence-corrected chi connectivity index (χ4v) is 3.97. The molecule has 1 saturated carbocycles. The van der Waals surface area contributed by atoms with Gasteiger partial charge < -0.3 is 5.11 Å². The van der Waals surface area contributed by atoms with E-state index in [9.17, 15) is 5.11 Å². The summed E-state index contributed by atoms with van der Waals surface area (Å²) in [5, 5.41) is 9.94. The van der Waals surface area contributed by atoms with E-state index in [1.807, 2.05) is 13.0 Å². The number of benzene rings is 1. The molecule has 1 aromatic rings. The summed E-state index contributed by atoms with van der Waals surface area (Å²) in [6.45, 7) is 6.83. The van der Waals surface area contributed by atoms with Gasteiger partial charge in [-0.25, -0.2) is 0 Å². The molecule has 0 aliphatic heterocycles. The molecule has 19 heavy (non-hydrogen) atoms. The second-order valence-corrected chi connectivity index (χ2v) is 6.99. The zero-order valence-corrected chi connectivity index (χ0v) is 12.3. The summed E-state index contributed by atoms with van der Waals surface area (Å²) in [5.74, 6) is 1.15. The Kier molecular flexibility index (Phi) is 2.96. The molecule has 1 aromatic carbocycles. The Hall–Kier alpha value is -1.24. The monoisotopic (exact) mass is 256 g/mol. The van der Waals surface area contributed by atoms with Crippen molar-refractivity contribution in [2.45, 2.75) is 52.9 Å². The topological polar surface area (TPSA) is 20.2 Å². The predicted molar refractivity (Wildman–Crippen MR) is 80.3 cm³/mol. The highest BCUT2D eigenvalue weighted by molar-refractivity contribution is 5.62. The molecule has 1 fully saturated rings. The standard InChI is InChI=1S/C18H24O/c1-12-9-13-6-7-16-14(5-4-8-18(16,2)3)10-15(13)11-17(12)19/h9-11,16,19H,4-8H2,1-3H3/t16-/m1/s1. The second kappa shape index (κ2) is 4.40. The van der Waals surface area contributed by atoms with E-state index in [1.165, 1.54) is 36.8 Å². The van der Waals surface area contributed by atoms with Crippen molar-refractivity contribution in [3.8, 4) is 5.75 Å². The maximum absolute atomic E-state index is 9.94. The lowest BCUT2D eigenvalue weighted by molar-refractivity contribution is 0.182. The van der Waals surface area contributed by atoms with E-state index in [1.54, 1.807) is 5.57 Å².